The Morgan fingerprint density at radius 1 is 1.08 bits per heavy atom. The molecule has 0 amide bonds. The molecule has 0 bridgehead atoms. The van der Waals surface area contributed by atoms with Crippen molar-refractivity contribution in [1.82, 2.24) is 0 Å². The predicted octanol–water partition coefficient (Wildman–Crippen LogP) is 3.15. The number of carboxylic acids is 1. The summed E-state index contributed by atoms with van der Waals surface area (Å²) in [6, 6.07) is 2.07. The van der Waals surface area contributed by atoms with Crippen LogP contribution in [0.15, 0.2) is 18.2 Å². The van der Waals surface area contributed by atoms with Gasteiger partial charge in [-0.2, -0.15) is 0 Å². The molecule has 1 aromatic rings. The summed E-state index contributed by atoms with van der Waals surface area (Å²) in [7, 11) is 0. The third-order valence-corrected chi connectivity index (χ3v) is 4.25. The van der Waals surface area contributed by atoms with Crippen molar-refractivity contribution in [2.75, 3.05) is 0 Å². The van der Waals surface area contributed by atoms with Crippen LogP contribution in [-0.4, -0.2) is 15.8 Å². The van der Waals surface area contributed by atoms with Crippen molar-refractivity contribution >= 4 is 17.3 Å². The van der Waals surface area contributed by atoms with Crippen LogP contribution in [0.4, 0.5) is 11.4 Å². The number of non-ortho nitro benzene ring substituents is 2. The summed E-state index contributed by atoms with van der Waals surface area (Å²) in [5.74, 6) is 1.03. The van der Waals surface area contributed by atoms with Gasteiger partial charge in [0, 0.05) is 17.7 Å². The molecule has 9 heteroatoms. The Kier molecular flexibility index (Phi) is 10.5. The van der Waals surface area contributed by atoms with Gasteiger partial charge in [0.25, 0.3) is 11.4 Å². The zero-order valence-electron chi connectivity index (χ0n) is 15.2. The second-order valence-electron chi connectivity index (χ2n) is 6.60. The molecule has 1 aliphatic rings. The summed E-state index contributed by atoms with van der Waals surface area (Å²) < 4.78 is 0. The van der Waals surface area contributed by atoms with Crippen LogP contribution in [0.3, 0.4) is 0 Å². The Morgan fingerprint density at radius 3 is 1.88 bits per heavy atom. The van der Waals surface area contributed by atoms with Gasteiger partial charge >= 0.3 is 27.7 Å². The minimum atomic E-state index is -1.71. The number of aromatic carboxylic acids is 1. The van der Waals surface area contributed by atoms with Crippen LogP contribution in [0.25, 0.3) is 0 Å². The fourth-order valence-corrected chi connectivity index (χ4v) is 2.65. The van der Waals surface area contributed by atoms with E-state index in [4.69, 9.17) is 0 Å². The monoisotopic (exact) mass is 552 g/mol. The van der Waals surface area contributed by atoms with Crippen molar-refractivity contribution in [2.45, 2.75) is 40.0 Å². The van der Waals surface area contributed by atoms with Crippen LogP contribution in [0.5, 0.6) is 0 Å². The first-order valence-corrected chi connectivity index (χ1v) is 8.10. The number of nitro groups is 2. The molecule has 0 saturated heterocycles. The third-order valence-electron chi connectivity index (χ3n) is 4.25. The number of carbonyl (C=O) groups excluding carboxylic acids is 1. The molecular formula is C17H22HgN2O6. The van der Waals surface area contributed by atoms with Crippen LogP contribution < -0.4 is 5.11 Å². The number of benzene rings is 1. The number of carboxylic acid groups (broad SMARTS) is 1. The van der Waals surface area contributed by atoms with E-state index in [0.29, 0.717) is 18.2 Å². The molecule has 26 heavy (non-hydrogen) atoms. The van der Waals surface area contributed by atoms with Crippen LogP contribution >= 0.6 is 0 Å². The number of hydrogen-bond donors (Lipinski definition) is 0. The van der Waals surface area contributed by atoms with Gasteiger partial charge in [0.05, 0.1) is 21.9 Å². The quantitative estimate of drug-likeness (QED) is 0.322. The van der Waals surface area contributed by atoms with Crippen LogP contribution in [0.1, 0.15) is 50.4 Å². The average molecular weight is 551 g/mol. The minimum absolute atomic E-state index is 0. The summed E-state index contributed by atoms with van der Waals surface area (Å²) in [5, 5.41) is 31.0. The van der Waals surface area contributed by atoms with E-state index >= 15 is 0 Å². The maximum Gasteiger partial charge on any atom is 1.00 e. The first-order chi connectivity index (χ1) is 11.6. The maximum absolute atomic E-state index is 10.4. The molecule has 0 aliphatic heterocycles. The van der Waals surface area contributed by atoms with Crippen molar-refractivity contribution in [3.8, 4) is 0 Å². The molecule has 2 atom stereocenters. The summed E-state index contributed by atoms with van der Waals surface area (Å²) >= 11 is 0. The molecule has 1 aliphatic carbocycles. The fourth-order valence-electron chi connectivity index (χ4n) is 2.65. The number of nitro benzene ring substituents is 2. The maximum atomic E-state index is 10.4. The number of hydrogen-bond acceptors (Lipinski definition) is 6. The van der Waals surface area contributed by atoms with E-state index in [2.05, 4.69) is 27.2 Å². The van der Waals surface area contributed by atoms with Gasteiger partial charge < -0.3 is 9.90 Å². The van der Waals surface area contributed by atoms with Gasteiger partial charge in [-0.25, -0.2) is 0 Å². The predicted molar refractivity (Wildman–Crippen MR) is 89.7 cm³/mol. The largest absolute Gasteiger partial charge is 1.00 e. The smallest absolute Gasteiger partial charge is 0.545 e. The Morgan fingerprint density at radius 2 is 1.58 bits per heavy atom. The van der Waals surface area contributed by atoms with Crippen molar-refractivity contribution in [3.05, 3.63) is 50.4 Å². The summed E-state index contributed by atoms with van der Waals surface area (Å²) in [6.07, 6.45) is 6.75. The second-order valence-corrected chi connectivity index (χ2v) is 6.60. The summed E-state index contributed by atoms with van der Waals surface area (Å²) in [6.45, 7) is 7.02. The molecule has 2 rings (SSSR count). The molecule has 0 spiro atoms. The van der Waals surface area contributed by atoms with E-state index in [1.807, 2.05) is 0 Å². The van der Waals surface area contributed by atoms with Gasteiger partial charge in [-0.05, 0) is 37.0 Å². The summed E-state index contributed by atoms with van der Waals surface area (Å²) in [5.41, 5.74) is -1.93. The Bertz CT molecular complexity index is 563. The molecular weight excluding hydrogens is 529 g/mol. The zero-order chi connectivity index (χ0) is 19.1. The molecule has 2 radical (unpaired) electrons. The van der Waals surface area contributed by atoms with E-state index in [1.165, 1.54) is 19.3 Å². The molecule has 1 aromatic carbocycles. The van der Waals surface area contributed by atoms with Crippen molar-refractivity contribution in [2.24, 2.45) is 17.8 Å². The van der Waals surface area contributed by atoms with Crippen molar-refractivity contribution in [3.63, 3.8) is 0 Å². The SMILES string of the molecule is CC(C)[C@H]1[CH]C[C@H](C)CC1.O=C([O-])c1cc([N+](=O)[O-])cc([N+](=O)[O-])c1.[Hg+]. The van der Waals surface area contributed by atoms with Gasteiger partial charge in [0.15, 0.2) is 0 Å². The van der Waals surface area contributed by atoms with Gasteiger partial charge in [0.2, 0.25) is 0 Å². The fraction of sp³-hybridized carbons (Fsp3) is 0.529. The van der Waals surface area contributed by atoms with Crippen LogP contribution in [0.2, 0.25) is 0 Å². The Balaban J connectivity index is 0.000000497. The molecule has 0 N–H and O–H groups in total. The van der Waals surface area contributed by atoms with Crippen LogP contribution in [-0.2, 0) is 27.7 Å². The van der Waals surface area contributed by atoms with Crippen LogP contribution in [0, 0.1) is 44.4 Å². The molecule has 0 heterocycles. The standard InChI is InChI=1S/C10H19.C7H4N2O6.Hg/c1-8(2)10-6-4-9(3)5-7-10;10-7(11)4-1-5(8(12)13)3-6(2-4)9(14)15;/h6,8-10H,4-5,7H2,1-3H3;1-3H,(H,10,11);/q;;+1/p-1/t9-,10-;;/m0../s1. The van der Waals surface area contributed by atoms with Crippen molar-refractivity contribution in [1.29, 1.82) is 0 Å². The molecule has 0 unspecified atom stereocenters. The number of carbonyl (C=O) groups is 1. The Labute approximate surface area is 172 Å². The zero-order valence-corrected chi connectivity index (χ0v) is 20.7. The van der Waals surface area contributed by atoms with E-state index in [9.17, 15) is 30.1 Å². The van der Waals surface area contributed by atoms with Gasteiger partial charge in [0.1, 0.15) is 0 Å². The van der Waals surface area contributed by atoms with Crippen molar-refractivity contribution < 1.29 is 47.4 Å². The van der Waals surface area contributed by atoms with E-state index < -0.39 is 32.8 Å². The molecule has 1 fully saturated rings. The van der Waals surface area contributed by atoms with E-state index in [-0.39, 0.29) is 27.7 Å². The third kappa shape index (κ3) is 7.76. The normalized spacial score (nSPS) is 18.9. The van der Waals surface area contributed by atoms with Gasteiger partial charge in [-0.3, -0.25) is 20.2 Å². The van der Waals surface area contributed by atoms with E-state index in [1.54, 1.807) is 0 Å². The Hall–Kier alpha value is -1.57. The molecule has 138 valence electrons. The first-order valence-electron chi connectivity index (χ1n) is 8.10. The number of rotatable bonds is 4. The molecule has 0 aromatic heterocycles. The van der Waals surface area contributed by atoms with Gasteiger partial charge in [-0.15, -0.1) is 0 Å². The number of nitrogens with zero attached hydrogens (tertiary/aromatic N) is 2. The van der Waals surface area contributed by atoms with Gasteiger partial charge in [-0.1, -0.05) is 27.2 Å². The van der Waals surface area contributed by atoms with E-state index in [0.717, 1.165) is 17.8 Å². The first kappa shape index (κ1) is 24.4. The molecule has 1 saturated carbocycles. The summed E-state index contributed by atoms with van der Waals surface area (Å²) in [4.78, 5) is 29.2. The minimum Gasteiger partial charge on any atom is -0.545 e. The topological polar surface area (TPSA) is 126 Å². The second kappa shape index (κ2) is 11.2. The average Bonchev–Trinajstić information content (AvgIpc) is 2.55. The molecule has 8 nitrogen and oxygen atoms in total.